The predicted octanol–water partition coefficient (Wildman–Crippen LogP) is 4.49. The number of phenols is 1. The molecule has 0 spiro atoms. The maximum atomic E-state index is 12.0. The van der Waals surface area contributed by atoms with Crippen LogP contribution in [0.4, 0.5) is 0 Å². The monoisotopic (exact) mass is 365 g/mol. The maximum absolute atomic E-state index is 12.0. The largest absolute Gasteiger partial charge is 0.506 e. The highest BCUT2D eigenvalue weighted by molar-refractivity contribution is 6.32. The van der Waals surface area contributed by atoms with Crippen LogP contribution >= 0.6 is 11.6 Å². The molecule has 0 aliphatic carbocycles. The SMILES string of the molecule is Cc1c(=O)ccc2c1oc1c(-c3ccc(O)c(Cl)c3)c3c[nH][nH]c3nc12. The lowest BCUT2D eigenvalue weighted by molar-refractivity contribution is 0.475. The standard InChI is InChI=1S/C19H12ClN3O3/c1-8-13(24)5-3-10-16-18(26-17(8)10)15(11-7-21-23-19(11)22-16)9-2-4-14(25)12(20)6-9/h2-7,25H,1H3,(H2,21,22,23). The molecule has 5 aromatic rings. The third kappa shape index (κ3) is 1.93. The second kappa shape index (κ2) is 5.12. The number of phenolic OH excluding ortho intramolecular Hbond substituents is 1. The second-order valence-electron chi connectivity index (χ2n) is 6.17. The molecule has 0 radical (unpaired) electrons. The minimum absolute atomic E-state index is 0.00837. The van der Waals surface area contributed by atoms with Gasteiger partial charge in [-0.2, -0.15) is 0 Å². The fourth-order valence-electron chi connectivity index (χ4n) is 3.32. The summed E-state index contributed by atoms with van der Waals surface area (Å²) >= 11 is 6.11. The van der Waals surface area contributed by atoms with Gasteiger partial charge in [-0.1, -0.05) is 17.7 Å². The summed E-state index contributed by atoms with van der Waals surface area (Å²) in [6.07, 6.45) is 1.79. The first-order valence-electron chi connectivity index (χ1n) is 7.95. The predicted molar refractivity (Wildman–Crippen MR) is 101 cm³/mol. The van der Waals surface area contributed by atoms with Crippen LogP contribution in [0.1, 0.15) is 5.56 Å². The molecule has 3 heterocycles. The summed E-state index contributed by atoms with van der Waals surface area (Å²) in [4.78, 5) is 16.7. The highest BCUT2D eigenvalue weighted by Gasteiger charge is 2.20. The number of hydrogen-bond donors (Lipinski definition) is 3. The molecular formula is C19H12ClN3O3. The van der Waals surface area contributed by atoms with Crippen molar-refractivity contribution in [2.45, 2.75) is 6.92 Å². The van der Waals surface area contributed by atoms with Crippen molar-refractivity contribution in [3.63, 3.8) is 0 Å². The minimum atomic E-state index is -0.0790. The van der Waals surface area contributed by atoms with E-state index in [0.29, 0.717) is 27.9 Å². The Morgan fingerprint density at radius 1 is 1.15 bits per heavy atom. The number of aromatic hydroxyl groups is 1. The van der Waals surface area contributed by atoms with Gasteiger partial charge in [0.2, 0.25) is 0 Å². The van der Waals surface area contributed by atoms with Crippen LogP contribution in [0.5, 0.6) is 5.75 Å². The summed E-state index contributed by atoms with van der Waals surface area (Å²) in [6.45, 7) is 1.74. The van der Waals surface area contributed by atoms with Crippen molar-refractivity contribution in [2.24, 2.45) is 0 Å². The van der Waals surface area contributed by atoms with E-state index in [1.54, 1.807) is 31.3 Å². The molecule has 3 N–H and O–H groups in total. The number of nitrogens with one attached hydrogen (secondary N) is 2. The van der Waals surface area contributed by atoms with E-state index in [2.05, 4.69) is 15.2 Å². The van der Waals surface area contributed by atoms with E-state index in [9.17, 15) is 9.90 Å². The first-order chi connectivity index (χ1) is 12.5. The molecule has 2 aromatic carbocycles. The number of hydrogen-bond acceptors (Lipinski definition) is 4. The maximum Gasteiger partial charge on any atom is 0.185 e. The van der Waals surface area contributed by atoms with Gasteiger partial charge in [0.25, 0.3) is 0 Å². The molecule has 0 fully saturated rings. The molecule has 0 unspecified atom stereocenters. The number of furan rings is 1. The number of H-pyrrole nitrogens is 2. The van der Waals surface area contributed by atoms with E-state index >= 15 is 0 Å². The quantitative estimate of drug-likeness (QED) is 0.408. The van der Waals surface area contributed by atoms with E-state index in [4.69, 9.17) is 16.0 Å². The molecule has 0 atom stereocenters. The number of fused-ring (bicyclic) bond motifs is 4. The Morgan fingerprint density at radius 2 is 2.00 bits per heavy atom. The number of benzene rings is 2. The van der Waals surface area contributed by atoms with Crippen LogP contribution in [0, 0.1) is 6.92 Å². The summed E-state index contributed by atoms with van der Waals surface area (Å²) < 4.78 is 6.10. The fourth-order valence-corrected chi connectivity index (χ4v) is 3.50. The van der Waals surface area contributed by atoms with Crippen LogP contribution in [0.25, 0.3) is 44.2 Å². The van der Waals surface area contributed by atoms with Gasteiger partial charge in [0, 0.05) is 28.1 Å². The first kappa shape index (κ1) is 15.0. The molecule has 6 nitrogen and oxygen atoms in total. The number of aromatic nitrogens is 3. The molecule has 128 valence electrons. The van der Waals surface area contributed by atoms with Gasteiger partial charge < -0.3 is 14.6 Å². The Bertz CT molecular complexity index is 1390. The topological polar surface area (TPSA) is 94.9 Å². The molecular weight excluding hydrogens is 354 g/mol. The molecule has 0 saturated carbocycles. The van der Waals surface area contributed by atoms with Gasteiger partial charge in [-0.25, -0.2) is 4.98 Å². The third-order valence-corrected chi connectivity index (χ3v) is 4.95. The molecule has 5 rings (SSSR count). The minimum Gasteiger partial charge on any atom is -0.506 e. The van der Waals surface area contributed by atoms with Gasteiger partial charge in [-0.15, -0.1) is 0 Å². The van der Waals surface area contributed by atoms with Crippen LogP contribution in [-0.4, -0.2) is 20.3 Å². The van der Waals surface area contributed by atoms with E-state index < -0.39 is 0 Å². The molecule has 0 aliphatic heterocycles. The van der Waals surface area contributed by atoms with Crippen molar-refractivity contribution < 1.29 is 9.52 Å². The third-order valence-electron chi connectivity index (χ3n) is 4.65. The Hall–Kier alpha value is -3.25. The zero-order valence-electron chi connectivity index (χ0n) is 13.6. The number of aryl methyl sites for hydroxylation is 1. The fraction of sp³-hybridized carbons (Fsp3) is 0.0526. The molecule has 0 amide bonds. The van der Waals surface area contributed by atoms with Crippen molar-refractivity contribution >= 4 is 44.7 Å². The lowest BCUT2D eigenvalue weighted by Crippen LogP contribution is -2.01. The summed E-state index contributed by atoms with van der Waals surface area (Å²) in [5, 5.41) is 17.5. The Labute approximate surface area is 151 Å². The molecule has 26 heavy (non-hydrogen) atoms. The zero-order chi connectivity index (χ0) is 18.0. The number of halogens is 1. The Kier molecular flexibility index (Phi) is 2.96. The van der Waals surface area contributed by atoms with Crippen molar-refractivity contribution in [3.8, 4) is 16.9 Å². The van der Waals surface area contributed by atoms with Crippen LogP contribution in [0.3, 0.4) is 0 Å². The Morgan fingerprint density at radius 3 is 2.81 bits per heavy atom. The number of aromatic amines is 2. The van der Waals surface area contributed by atoms with E-state index in [0.717, 1.165) is 21.9 Å². The molecule has 0 bridgehead atoms. The summed E-state index contributed by atoms with van der Waals surface area (Å²) in [5.74, 6) is 0.00837. The first-order valence-corrected chi connectivity index (χ1v) is 8.33. The number of rotatable bonds is 1. The average molecular weight is 366 g/mol. The molecule has 7 heteroatoms. The van der Waals surface area contributed by atoms with Crippen LogP contribution in [0.2, 0.25) is 5.02 Å². The van der Waals surface area contributed by atoms with Gasteiger partial charge in [0.15, 0.2) is 16.7 Å². The zero-order valence-corrected chi connectivity index (χ0v) is 14.3. The number of nitrogens with zero attached hydrogens (tertiary/aromatic N) is 1. The molecule has 0 aliphatic rings. The number of pyridine rings is 1. The molecule has 0 saturated heterocycles. The van der Waals surface area contributed by atoms with Gasteiger partial charge in [0.05, 0.1) is 5.02 Å². The summed E-state index contributed by atoms with van der Waals surface area (Å²) in [5.41, 5.74) is 4.44. The second-order valence-corrected chi connectivity index (χ2v) is 6.58. The lowest BCUT2D eigenvalue weighted by Gasteiger charge is -2.06. The van der Waals surface area contributed by atoms with Crippen LogP contribution in [-0.2, 0) is 0 Å². The van der Waals surface area contributed by atoms with Gasteiger partial charge >= 0.3 is 0 Å². The highest BCUT2D eigenvalue weighted by atomic mass is 35.5. The van der Waals surface area contributed by atoms with E-state index in [1.807, 2.05) is 0 Å². The highest BCUT2D eigenvalue weighted by Crippen LogP contribution is 2.40. The smallest absolute Gasteiger partial charge is 0.185 e. The van der Waals surface area contributed by atoms with Crippen molar-refractivity contribution in [2.75, 3.05) is 0 Å². The van der Waals surface area contributed by atoms with E-state index in [-0.39, 0.29) is 16.2 Å². The summed E-state index contributed by atoms with van der Waals surface area (Å²) in [6, 6.07) is 8.24. The van der Waals surface area contributed by atoms with Crippen LogP contribution in [0.15, 0.2) is 45.7 Å². The Balaban J connectivity index is 2.01. The van der Waals surface area contributed by atoms with Crippen molar-refractivity contribution in [3.05, 3.63) is 57.3 Å². The normalized spacial score (nSPS) is 11.8. The van der Waals surface area contributed by atoms with Crippen molar-refractivity contribution in [1.29, 1.82) is 0 Å². The van der Waals surface area contributed by atoms with Gasteiger partial charge in [-0.3, -0.25) is 9.89 Å². The van der Waals surface area contributed by atoms with Crippen LogP contribution < -0.4 is 5.43 Å². The van der Waals surface area contributed by atoms with E-state index in [1.165, 1.54) is 12.1 Å². The summed E-state index contributed by atoms with van der Waals surface area (Å²) in [7, 11) is 0. The lowest BCUT2D eigenvalue weighted by atomic mass is 10.0. The van der Waals surface area contributed by atoms with Gasteiger partial charge in [0.1, 0.15) is 16.8 Å². The molecule has 3 aromatic heterocycles. The van der Waals surface area contributed by atoms with Gasteiger partial charge in [-0.05, 0) is 36.8 Å². The van der Waals surface area contributed by atoms with Crippen molar-refractivity contribution in [1.82, 2.24) is 15.2 Å². The average Bonchev–Trinajstić information content (AvgIpc) is 3.23.